The van der Waals surface area contributed by atoms with Gasteiger partial charge in [-0.1, -0.05) is 13.0 Å². The Hall–Kier alpha value is -1.39. The molecular weight excluding hydrogens is 244 g/mol. The van der Waals surface area contributed by atoms with Crippen molar-refractivity contribution in [1.29, 1.82) is 0 Å². The van der Waals surface area contributed by atoms with Crippen LogP contribution >= 0.6 is 11.3 Å². The number of aromatic nitrogens is 1. The van der Waals surface area contributed by atoms with Crippen LogP contribution in [0.15, 0.2) is 36.0 Å². The van der Waals surface area contributed by atoms with Gasteiger partial charge in [0.15, 0.2) is 0 Å². The summed E-state index contributed by atoms with van der Waals surface area (Å²) in [6.45, 7) is 5.67. The molecule has 0 radical (unpaired) electrons. The minimum Gasteiger partial charge on any atom is -0.492 e. The Balaban J connectivity index is 2.27. The van der Waals surface area contributed by atoms with Crippen molar-refractivity contribution in [2.45, 2.75) is 19.9 Å². The molecule has 0 bridgehead atoms. The van der Waals surface area contributed by atoms with E-state index in [-0.39, 0.29) is 6.04 Å². The molecule has 0 aliphatic heterocycles. The first-order chi connectivity index (χ1) is 8.85. The van der Waals surface area contributed by atoms with Gasteiger partial charge in [0.1, 0.15) is 5.75 Å². The third-order valence-electron chi connectivity index (χ3n) is 2.61. The van der Waals surface area contributed by atoms with E-state index in [1.54, 1.807) is 17.5 Å². The van der Waals surface area contributed by atoms with Crippen LogP contribution in [0.25, 0.3) is 0 Å². The zero-order valence-electron chi connectivity index (χ0n) is 10.7. The first kappa shape index (κ1) is 13.1. The van der Waals surface area contributed by atoms with Gasteiger partial charge >= 0.3 is 0 Å². The average molecular weight is 262 g/mol. The van der Waals surface area contributed by atoms with Gasteiger partial charge in [-0.15, -0.1) is 11.3 Å². The Morgan fingerprint density at radius 2 is 2.28 bits per heavy atom. The second-order valence-electron chi connectivity index (χ2n) is 3.89. The molecule has 4 heteroatoms. The molecule has 0 aliphatic rings. The van der Waals surface area contributed by atoms with Crippen LogP contribution in [0.1, 0.15) is 30.3 Å². The molecular formula is C14H18N2OS. The Morgan fingerprint density at radius 1 is 1.39 bits per heavy atom. The smallest absolute Gasteiger partial charge is 0.137 e. The summed E-state index contributed by atoms with van der Waals surface area (Å²) in [7, 11) is 0. The van der Waals surface area contributed by atoms with Crippen LogP contribution in [-0.4, -0.2) is 18.1 Å². The molecule has 0 amide bonds. The fraction of sp³-hybridized carbons (Fsp3) is 0.357. The van der Waals surface area contributed by atoms with Crippen molar-refractivity contribution >= 4 is 11.3 Å². The summed E-state index contributed by atoms with van der Waals surface area (Å²) >= 11 is 1.75. The number of hydrogen-bond donors (Lipinski definition) is 1. The molecule has 2 aromatic rings. The highest BCUT2D eigenvalue weighted by molar-refractivity contribution is 7.10. The molecule has 0 fully saturated rings. The van der Waals surface area contributed by atoms with E-state index >= 15 is 0 Å². The van der Waals surface area contributed by atoms with E-state index in [4.69, 9.17) is 4.74 Å². The number of pyridine rings is 1. The van der Waals surface area contributed by atoms with Gasteiger partial charge in [0.25, 0.3) is 0 Å². The summed E-state index contributed by atoms with van der Waals surface area (Å²) in [5.74, 6) is 0.828. The van der Waals surface area contributed by atoms with Crippen LogP contribution in [0.3, 0.4) is 0 Å². The Bertz CT molecular complexity index is 470. The Labute approximate surface area is 112 Å². The molecule has 18 heavy (non-hydrogen) atoms. The summed E-state index contributed by atoms with van der Waals surface area (Å²) in [6.07, 6.45) is 3.65. The maximum absolute atomic E-state index is 5.51. The average Bonchev–Trinajstić information content (AvgIpc) is 2.90. The Kier molecular flexibility index (Phi) is 4.73. The lowest BCUT2D eigenvalue weighted by atomic mass is 10.1. The predicted molar refractivity (Wildman–Crippen MR) is 75.2 cm³/mol. The molecule has 1 unspecified atom stereocenters. The fourth-order valence-corrected chi connectivity index (χ4v) is 2.71. The molecule has 1 atom stereocenters. The lowest BCUT2D eigenvalue weighted by Crippen LogP contribution is -2.21. The zero-order valence-corrected chi connectivity index (χ0v) is 11.5. The number of thiophene rings is 1. The molecule has 2 aromatic heterocycles. The van der Waals surface area contributed by atoms with E-state index in [1.165, 1.54) is 4.88 Å². The van der Waals surface area contributed by atoms with Gasteiger partial charge in [-0.25, -0.2) is 0 Å². The van der Waals surface area contributed by atoms with E-state index in [1.807, 2.05) is 13.1 Å². The standard InChI is InChI=1S/C14H18N2OS/c1-3-16-14(13-6-5-7-18-13)11-8-12(17-4-2)10-15-9-11/h5-10,14,16H,3-4H2,1-2H3. The highest BCUT2D eigenvalue weighted by atomic mass is 32.1. The monoisotopic (exact) mass is 262 g/mol. The first-order valence-electron chi connectivity index (χ1n) is 6.19. The molecule has 0 aromatic carbocycles. The van der Waals surface area contributed by atoms with Gasteiger partial charge in [0.05, 0.1) is 18.8 Å². The van der Waals surface area contributed by atoms with E-state index in [0.29, 0.717) is 6.61 Å². The molecule has 0 saturated heterocycles. The predicted octanol–water partition coefficient (Wildman–Crippen LogP) is 3.24. The van der Waals surface area contributed by atoms with Crippen LogP contribution in [-0.2, 0) is 0 Å². The topological polar surface area (TPSA) is 34.2 Å². The highest BCUT2D eigenvalue weighted by Gasteiger charge is 2.14. The third-order valence-corrected chi connectivity index (χ3v) is 3.55. The summed E-state index contributed by atoms with van der Waals surface area (Å²) in [5, 5.41) is 5.58. The van der Waals surface area contributed by atoms with Gasteiger partial charge in [-0.05, 0) is 36.5 Å². The van der Waals surface area contributed by atoms with E-state index < -0.39 is 0 Å². The lowest BCUT2D eigenvalue weighted by Gasteiger charge is -2.17. The van der Waals surface area contributed by atoms with E-state index in [2.05, 4.69) is 40.8 Å². The molecule has 0 spiro atoms. The molecule has 0 saturated carbocycles. The van der Waals surface area contributed by atoms with Crippen LogP contribution in [0.5, 0.6) is 5.75 Å². The zero-order chi connectivity index (χ0) is 12.8. The number of nitrogens with zero attached hydrogens (tertiary/aromatic N) is 1. The van der Waals surface area contributed by atoms with Gasteiger partial charge < -0.3 is 10.1 Å². The van der Waals surface area contributed by atoms with Crippen molar-refractivity contribution in [1.82, 2.24) is 10.3 Å². The largest absolute Gasteiger partial charge is 0.492 e. The summed E-state index contributed by atoms with van der Waals surface area (Å²) in [6, 6.07) is 6.47. The third kappa shape index (κ3) is 3.09. The number of nitrogens with one attached hydrogen (secondary N) is 1. The minimum absolute atomic E-state index is 0.197. The van der Waals surface area contributed by atoms with Gasteiger partial charge in [0, 0.05) is 11.1 Å². The maximum Gasteiger partial charge on any atom is 0.137 e. The van der Waals surface area contributed by atoms with Crippen molar-refractivity contribution in [2.75, 3.05) is 13.2 Å². The number of hydrogen-bond acceptors (Lipinski definition) is 4. The van der Waals surface area contributed by atoms with Crippen molar-refractivity contribution < 1.29 is 4.74 Å². The fourth-order valence-electron chi connectivity index (χ4n) is 1.88. The second kappa shape index (κ2) is 6.52. The summed E-state index contributed by atoms with van der Waals surface area (Å²) in [5.41, 5.74) is 1.14. The van der Waals surface area contributed by atoms with Crippen LogP contribution in [0.4, 0.5) is 0 Å². The van der Waals surface area contributed by atoms with Crippen molar-refractivity contribution in [3.8, 4) is 5.75 Å². The summed E-state index contributed by atoms with van der Waals surface area (Å²) < 4.78 is 5.51. The van der Waals surface area contributed by atoms with Gasteiger partial charge in [-0.2, -0.15) is 0 Å². The molecule has 3 nitrogen and oxygen atoms in total. The van der Waals surface area contributed by atoms with Crippen molar-refractivity contribution in [3.05, 3.63) is 46.4 Å². The maximum atomic E-state index is 5.51. The molecule has 2 rings (SSSR count). The van der Waals surface area contributed by atoms with E-state index in [0.717, 1.165) is 17.9 Å². The van der Waals surface area contributed by atoms with Crippen LogP contribution in [0.2, 0.25) is 0 Å². The summed E-state index contributed by atoms with van der Waals surface area (Å²) in [4.78, 5) is 5.55. The van der Waals surface area contributed by atoms with Crippen LogP contribution in [0, 0.1) is 0 Å². The normalized spacial score (nSPS) is 12.3. The molecule has 96 valence electrons. The minimum atomic E-state index is 0.197. The quantitative estimate of drug-likeness (QED) is 0.867. The van der Waals surface area contributed by atoms with Crippen molar-refractivity contribution in [3.63, 3.8) is 0 Å². The lowest BCUT2D eigenvalue weighted by molar-refractivity contribution is 0.338. The van der Waals surface area contributed by atoms with Gasteiger partial charge in [-0.3, -0.25) is 4.98 Å². The second-order valence-corrected chi connectivity index (χ2v) is 4.87. The Morgan fingerprint density at radius 3 is 2.94 bits per heavy atom. The number of ether oxygens (including phenoxy) is 1. The first-order valence-corrected chi connectivity index (χ1v) is 7.07. The van der Waals surface area contributed by atoms with Crippen LogP contribution < -0.4 is 10.1 Å². The molecule has 2 heterocycles. The number of rotatable bonds is 6. The molecule has 1 N–H and O–H groups in total. The van der Waals surface area contributed by atoms with Gasteiger partial charge in [0.2, 0.25) is 0 Å². The highest BCUT2D eigenvalue weighted by Crippen LogP contribution is 2.27. The SMILES string of the molecule is CCNC(c1cncc(OCC)c1)c1cccs1. The van der Waals surface area contributed by atoms with E-state index in [9.17, 15) is 0 Å². The van der Waals surface area contributed by atoms with Crippen molar-refractivity contribution in [2.24, 2.45) is 0 Å². The molecule has 0 aliphatic carbocycles.